The SMILES string of the molecule is CCC(CC)(CBr)CNC(=O)CC1CCCCC1. The molecule has 0 aliphatic heterocycles. The fourth-order valence-corrected chi connectivity index (χ4v) is 3.74. The number of rotatable bonds is 7. The molecule has 0 bridgehead atoms. The van der Waals surface area contributed by atoms with Crippen LogP contribution in [0.4, 0.5) is 0 Å². The van der Waals surface area contributed by atoms with Crippen molar-refractivity contribution in [3.05, 3.63) is 0 Å². The molecular formula is C15H28BrNO. The van der Waals surface area contributed by atoms with Crippen molar-refractivity contribution < 1.29 is 4.79 Å². The van der Waals surface area contributed by atoms with Gasteiger partial charge in [0.2, 0.25) is 5.91 Å². The van der Waals surface area contributed by atoms with Crippen molar-refractivity contribution in [1.82, 2.24) is 5.32 Å². The Morgan fingerprint density at radius 2 is 1.83 bits per heavy atom. The Morgan fingerprint density at radius 3 is 2.33 bits per heavy atom. The van der Waals surface area contributed by atoms with E-state index in [1.807, 2.05) is 0 Å². The summed E-state index contributed by atoms with van der Waals surface area (Å²) in [6.07, 6.45) is 9.44. The standard InChI is InChI=1S/C15H28BrNO/c1-3-15(4-2,11-16)12-17-14(18)10-13-8-6-5-7-9-13/h13H,3-12H2,1-2H3,(H,17,18). The molecular weight excluding hydrogens is 290 g/mol. The van der Waals surface area contributed by atoms with Crippen LogP contribution in [0, 0.1) is 11.3 Å². The summed E-state index contributed by atoms with van der Waals surface area (Å²) >= 11 is 3.59. The minimum atomic E-state index is 0.238. The summed E-state index contributed by atoms with van der Waals surface area (Å²) in [5.74, 6) is 0.898. The number of carbonyl (C=O) groups excluding carboxylic acids is 1. The van der Waals surface area contributed by atoms with Gasteiger partial charge in [0.25, 0.3) is 0 Å². The van der Waals surface area contributed by atoms with Crippen LogP contribution in [0.3, 0.4) is 0 Å². The summed E-state index contributed by atoms with van der Waals surface area (Å²) in [6.45, 7) is 5.23. The van der Waals surface area contributed by atoms with E-state index in [0.717, 1.165) is 31.1 Å². The van der Waals surface area contributed by atoms with Crippen molar-refractivity contribution in [2.24, 2.45) is 11.3 Å². The zero-order chi connectivity index (χ0) is 13.4. The Morgan fingerprint density at radius 1 is 1.22 bits per heavy atom. The molecule has 1 rings (SSSR count). The Bertz CT molecular complexity index is 237. The maximum Gasteiger partial charge on any atom is 0.220 e. The molecule has 0 unspecified atom stereocenters. The zero-order valence-corrected chi connectivity index (χ0v) is 13.5. The van der Waals surface area contributed by atoms with Crippen molar-refractivity contribution in [1.29, 1.82) is 0 Å². The van der Waals surface area contributed by atoms with E-state index >= 15 is 0 Å². The van der Waals surface area contributed by atoms with Crippen LogP contribution in [-0.4, -0.2) is 17.8 Å². The van der Waals surface area contributed by atoms with Crippen LogP contribution < -0.4 is 5.32 Å². The number of hydrogen-bond acceptors (Lipinski definition) is 1. The van der Waals surface area contributed by atoms with Gasteiger partial charge in [0, 0.05) is 18.3 Å². The van der Waals surface area contributed by atoms with Crippen molar-refractivity contribution in [2.45, 2.75) is 65.2 Å². The van der Waals surface area contributed by atoms with Gasteiger partial charge in [0.05, 0.1) is 0 Å². The van der Waals surface area contributed by atoms with Crippen LogP contribution in [0.2, 0.25) is 0 Å². The van der Waals surface area contributed by atoms with Gasteiger partial charge in [-0.1, -0.05) is 49.0 Å². The van der Waals surface area contributed by atoms with E-state index in [0.29, 0.717) is 5.92 Å². The molecule has 0 atom stereocenters. The molecule has 1 N–H and O–H groups in total. The molecule has 1 fully saturated rings. The lowest BCUT2D eigenvalue weighted by Crippen LogP contribution is -2.38. The number of halogens is 1. The second-order valence-electron chi connectivity index (χ2n) is 5.83. The molecule has 0 aromatic carbocycles. The highest BCUT2D eigenvalue weighted by Crippen LogP contribution is 2.29. The smallest absolute Gasteiger partial charge is 0.220 e. The molecule has 1 saturated carbocycles. The van der Waals surface area contributed by atoms with Gasteiger partial charge in [-0.25, -0.2) is 0 Å². The molecule has 3 heteroatoms. The molecule has 1 aliphatic carbocycles. The summed E-state index contributed by atoms with van der Waals surface area (Å²) < 4.78 is 0. The molecule has 106 valence electrons. The molecule has 0 aromatic rings. The lowest BCUT2D eigenvalue weighted by Gasteiger charge is -2.30. The summed E-state index contributed by atoms with van der Waals surface area (Å²) in [4.78, 5) is 12.0. The van der Waals surface area contributed by atoms with Crippen LogP contribution >= 0.6 is 15.9 Å². The number of nitrogens with one attached hydrogen (secondary N) is 1. The lowest BCUT2D eigenvalue weighted by molar-refractivity contribution is -0.122. The second kappa shape index (κ2) is 8.19. The average Bonchev–Trinajstić information content (AvgIpc) is 2.42. The minimum Gasteiger partial charge on any atom is -0.356 e. The number of carbonyl (C=O) groups is 1. The molecule has 1 amide bonds. The van der Waals surface area contributed by atoms with Crippen LogP contribution in [0.5, 0.6) is 0 Å². The van der Waals surface area contributed by atoms with E-state index in [2.05, 4.69) is 35.1 Å². The molecule has 0 spiro atoms. The second-order valence-corrected chi connectivity index (χ2v) is 6.39. The number of amides is 1. The first-order valence-electron chi connectivity index (χ1n) is 7.48. The first-order valence-corrected chi connectivity index (χ1v) is 8.60. The van der Waals surface area contributed by atoms with Crippen molar-refractivity contribution >= 4 is 21.8 Å². The van der Waals surface area contributed by atoms with E-state index in [4.69, 9.17) is 0 Å². The molecule has 18 heavy (non-hydrogen) atoms. The Balaban J connectivity index is 2.30. The minimum absolute atomic E-state index is 0.238. The van der Waals surface area contributed by atoms with Gasteiger partial charge in [-0.05, 0) is 37.0 Å². The van der Waals surface area contributed by atoms with Gasteiger partial charge in [-0.3, -0.25) is 4.79 Å². The van der Waals surface area contributed by atoms with E-state index in [1.165, 1.54) is 32.1 Å². The molecule has 0 radical (unpaired) electrons. The average molecular weight is 318 g/mol. The molecule has 0 saturated heterocycles. The highest BCUT2D eigenvalue weighted by atomic mass is 79.9. The van der Waals surface area contributed by atoms with Gasteiger partial charge >= 0.3 is 0 Å². The highest BCUT2D eigenvalue weighted by molar-refractivity contribution is 9.09. The third-order valence-corrected chi connectivity index (χ3v) is 5.83. The predicted octanol–water partition coefficient (Wildman–Crippen LogP) is 4.27. The van der Waals surface area contributed by atoms with Gasteiger partial charge < -0.3 is 5.32 Å². The fourth-order valence-electron chi connectivity index (χ4n) is 2.75. The van der Waals surface area contributed by atoms with Crippen LogP contribution in [-0.2, 0) is 4.79 Å². The molecule has 0 heterocycles. The Kier molecular flexibility index (Phi) is 7.28. The Hall–Kier alpha value is -0.0500. The summed E-state index contributed by atoms with van der Waals surface area (Å²) in [6, 6.07) is 0. The normalized spacial score (nSPS) is 17.7. The summed E-state index contributed by atoms with van der Waals surface area (Å²) in [7, 11) is 0. The van der Waals surface area contributed by atoms with Crippen molar-refractivity contribution in [3.63, 3.8) is 0 Å². The third-order valence-electron chi connectivity index (χ3n) is 4.64. The first-order chi connectivity index (χ1) is 8.65. The number of alkyl halides is 1. The van der Waals surface area contributed by atoms with Crippen molar-refractivity contribution in [2.75, 3.05) is 11.9 Å². The summed E-state index contributed by atoms with van der Waals surface area (Å²) in [5.41, 5.74) is 0.238. The maximum atomic E-state index is 12.0. The lowest BCUT2D eigenvalue weighted by atomic mass is 9.84. The van der Waals surface area contributed by atoms with E-state index < -0.39 is 0 Å². The van der Waals surface area contributed by atoms with Gasteiger partial charge in [-0.2, -0.15) is 0 Å². The quantitative estimate of drug-likeness (QED) is 0.698. The van der Waals surface area contributed by atoms with Crippen LogP contribution in [0.1, 0.15) is 65.2 Å². The van der Waals surface area contributed by atoms with Gasteiger partial charge in [0.15, 0.2) is 0 Å². The fraction of sp³-hybridized carbons (Fsp3) is 0.933. The topological polar surface area (TPSA) is 29.1 Å². The predicted molar refractivity (Wildman–Crippen MR) is 81.0 cm³/mol. The van der Waals surface area contributed by atoms with E-state index in [9.17, 15) is 4.79 Å². The third kappa shape index (κ3) is 4.91. The molecule has 2 nitrogen and oxygen atoms in total. The van der Waals surface area contributed by atoms with Gasteiger partial charge in [0.1, 0.15) is 0 Å². The molecule has 1 aliphatic rings. The highest BCUT2D eigenvalue weighted by Gasteiger charge is 2.26. The van der Waals surface area contributed by atoms with Gasteiger partial charge in [-0.15, -0.1) is 0 Å². The van der Waals surface area contributed by atoms with Crippen LogP contribution in [0.15, 0.2) is 0 Å². The maximum absolute atomic E-state index is 12.0. The van der Waals surface area contributed by atoms with E-state index in [-0.39, 0.29) is 11.3 Å². The first kappa shape index (κ1) is 16.0. The largest absolute Gasteiger partial charge is 0.356 e. The van der Waals surface area contributed by atoms with Crippen molar-refractivity contribution in [3.8, 4) is 0 Å². The summed E-state index contributed by atoms with van der Waals surface area (Å²) in [5, 5.41) is 4.12. The molecule has 0 aromatic heterocycles. The monoisotopic (exact) mass is 317 g/mol. The van der Waals surface area contributed by atoms with E-state index in [1.54, 1.807) is 0 Å². The Labute approximate surface area is 120 Å². The zero-order valence-electron chi connectivity index (χ0n) is 11.9. The van der Waals surface area contributed by atoms with Crippen LogP contribution in [0.25, 0.3) is 0 Å². The number of hydrogen-bond donors (Lipinski definition) is 1.